The highest BCUT2D eigenvalue weighted by atomic mass is 16.6. The third-order valence-electron chi connectivity index (χ3n) is 5.59. The highest BCUT2D eigenvalue weighted by Gasteiger charge is 2.42. The van der Waals surface area contributed by atoms with Crippen molar-refractivity contribution < 1.29 is 23.9 Å². The molecule has 1 aliphatic carbocycles. The first-order chi connectivity index (χ1) is 16.0. The Hall–Kier alpha value is -3.10. The minimum atomic E-state index is -1.25. The number of nitrogens with zero attached hydrogens (tertiary/aromatic N) is 1. The first-order valence-electron chi connectivity index (χ1n) is 12.0. The van der Waals surface area contributed by atoms with E-state index in [0.29, 0.717) is 12.1 Å². The molecule has 1 aromatic rings. The van der Waals surface area contributed by atoms with Crippen LogP contribution in [-0.2, 0) is 19.1 Å². The lowest BCUT2D eigenvalue weighted by atomic mass is 9.88. The zero-order chi connectivity index (χ0) is 25.3. The fraction of sp³-hybridized carbons (Fsp3) is 0.600. The number of carbonyl (C=O) groups excluding carboxylic acids is 4. The summed E-state index contributed by atoms with van der Waals surface area (Å²) < 4.78 is 5.29. The van der Waals surface area contributed by atoms with Crippen molar-refractivity contribution in [1.82, 2.24) is 15.5 Å². The molecule has 1 aromatic carbocycles. The van der Waals surface area contributed by atoms with Crippen LogP contribution in [0.1, 0.15) is 77.8 Å². The average Bonchev–Trinajstić information content (AvgIpc) is 2.70. The lowest BCUT2D eigenvalue weighted by molar-refractivity contribution is -0.148. The summed E-state index contributed by atoms with van der Waals surface area (Å²) in [4.78, 5) is 52.9. The summed E-state index contributed by atoms with van der Waals surface area (Å²) in [5, 5.41) is 5.44. The van der Waals surface area contributed by atoms with Crippen LogP contribution in [0.5, 0.6) is 0 Å². The van der Waals surface area contributed by atoms with Crippen LogP contribution >= 0.6 is 0 Å². The maximum Gasteiger partial charge on any atom is 0.408 e. The van der Waals surface area contributed by atoms with Gasteiger partial charge in [0.1, 0.15) is 17.7 Å². The molecule has 2 unspecified atom stereocenters. The van der Waals surface area contributed by atoms with Gasteiger partial charge in [0.2, 0.25) is 17.7 Å². The number of nitrogens with two attached hydrogens (primary N) is 1. The molecule has 0 radical (unpaired) electrons. The van der Waals surface area contributed by atoms with E-state index >= 15 is 0 Å². The van der Waals surface area contributed by atoms with Crippen molar-refractivity contribution in [3.8, 4) is 0 Å². The fourth-order valence-corrected chi connectivity index (χ4v) is 3.77. The van der Waals surface area contributed by atoms with Crippen LogP contribution in [-0.4, -0.2) is 52.9 Å². The van der Waals surface area contributed by atoms with Crippen molar-refractivity contribution in [3.63, 3.8) is 0 Å². The molecule has 9 nitrogen and oxygen atoms in total. The summed E-state index contributed by atoms with van der Waals surface area (Å²) >= 11 is 0. The molecule has 9 heteroatoms. The van der Waals surface area contributed by atoms with Crippen molar-refractivity contribution >= 4 is 23.8 Å². The monoisotopic (exact) mass is 474 g/mol. The van der Waals surface area contributed by atoms with Crippen molar-refractivity contribution in [1.29, 1.82) is 0 Å². The highest BCUT2D eigenvalue weighted by Crippen LogP contribution is 2.34. The molecule has 0 spiro atoms. The molecule has 0 heterocycles. The number of alkyl carbamates (subject to hydrolysis) is 1. The van der Waals surface area contributed by atoms with Crippen LogP contribution in [0.15, 0.2) is 30.3 Å². The topological polar surface area (TPSA) is 131 Å². The van der Waals surface area contributed by atoms with Gasteiger partial charge < -0.3 is 26.0 Å². The van der Waals surface area contributed by atoms with E-state index in [0.717, 1.165) is 32.1 Å². The van der Waals surface area contributed by atoms with Gasteiger partial charge in [0.25, 0.3) is 0 Å². The second kappa shape index (κ2) is 12.4. The lowest BCUT2D eigenvalue weighted by Gasteiger charge is -2.43. The molecule has 0 saturated heterocycles. The van der Waals surface area contributed by atoms with Crippen LogP contribution in [0, 0.1) is 0 Å². The van der Waals surface area contributed by atoms with E-state index in [4.69, 9.17) is 10.5 Å². The number of nitrogens with one attached hydrogen (secondary N) is 2. The molecule has 188 valence electrons. The molecule has 2 rings (SSSR count). The van der Waals surface area contributed by atoms with Gasteiger partial charge in [-0.25, -0.2) is 4.79 Å². The van der Waals surface area contributed by atoms with Crippen molar-refractivity contribution in [2.24, 2.45) is 5.73 Å². The molecule has 2 atom stereocenters. The summed E-state index contributed by atoms with van der Waals surface area (Å²) in [6.45, 7) is 7.62. The predicted molar refractivity (Wildman–Crippen MR) is 129 cm³/mol. The zero-order valence-corrected chi connectivity index (χ0v) is 20.6. The quantitative estimate of drug-likeness (QED) is 0.425. The van der Waals surface area contributed by atoms with Crippen LogP contribution in [0.2, 0.25) is 0 Å². The summed E-state index contributed by atoms with van der Waals surface area (Å²) in [7, 11) is 0. The minimum Gasteiger partial charge on any atom is -0.444 e. The number of rotatable bonds is 11. The number of hydrogen-bond donors (Lipinski definition) is 3. The smallest absolute Gasteiger partial charge is 0.408 e. The van der Waals surface area contributed by atoms with E-state index in [1.807, 2.05) is 25.1 Å². The molecular formula is C25H38N4O5. The largest absolute Gasteiger partial charge is 0.444 e. The van der Waals surface area contributed by atoms with Crippen LogP contribution < -0.4 is 16.4 Å². The molecule has 1 aliphatic rings. The van der Waals surface area contributed by atoms with Gasteiger partial charge in [0, 0.05) is 12.6 Å². The molecular weight excluding hydrogens is 436 g/mol. The maximum absolute atomic E-state index is 13.8. The van der Waals surface area contributed by atoms with Gasteiger partial charge in [0.15, 0.2) is 0 Å². The third kappa shape index (κ3) is 8.04. The number of benzene rings is 1. The lowest BCUT2D eigenvalue weighted by Crippen LogP contribution is -2.58. The van der Waals surface area contributed by atoms with Crippen LogP contribution in [0.25, 0.3) is 0 Å². The summed E-state index contributed by atoms with van der Waals surface area (Å²) in [6.07, 6.45) is 2.88. The molecule has 4 N–H and O–H groups in total. The van der Waals surface area contributed by atoms with E-state index in [1.54, 1.807) is 32.9 Å². The second-order valence-corrected chi connectivity index (χ2v) is 9.66. The summed E-state index contributed by atoms with van der Waals surface area (Å²) in [6, 6.07) is 6.72. The van der Waals surface area contributed by atoms with Crippen molar-refractivity contribution in [3.05, 3.63) is 35.9 Å². The van der Waals surface area contributed by atoms with E-state index in [1.165, 1.54) is 4.90 Å². The normalized spacial score (nSPS) is 15.4. The third-order valence-corrected chi connectivity index (χ3v) is 5.59. The first-order valence-corrected chi connectivity index (χ1v) is 12.0. The van der Waals surface area contributed by atoms with Crippen LogP contribution in [0.4, 0.5) is 4.79 Å². The van der Waals surface area contributed by atoms with Crippen molar-refractivity contribution in [2.75, 3.05) is 6.54 Å². The Morgan fingerprint density at radius 1 is 1.15 bits per heavy atom. The molecule has 4 amide bonds. The maximum atomic E-state index is 13.8. The van der Waals surface area contributed by atoms with Crippen LogP contribution in [0.3, 0.4) is 0 Å². The molecule has 0 aromatic heterocycles. The zero-order valence-electron chi connectivity index (χ0n) is 20.6. The second-order valence-electron chi connectivity index (χ2n) is 9.66. The van der Waals surface area contributed by atoms with Crippen molar-refractivity contribution in [2.45, 2.75) is 89.9 Å². The van der Waals surface area contributed by atoms with Gasteiger partial charge in [-0.3, -0.25) is 14.4 Å². The Balaban J connectivity index is 2.40. The van der Waals surface area contributed by atoms with Gasteiger partial charge in [-0.15, -0.1) is 0 Å². The Kier molecular flexibility index (Phi) is 9.89. The molecule has 0 aliphatic heterocycles. The number of unbranched alkanes of at least 4 members (excludes halogenated alkanes) is 1. The van der Waals surface area contributed by atoms with Gasteiger partial charge in [-0.1, -0.05) is 43.7 Å². The number of hydrogen-bond acceptors (Lipinski definition) is 5. The Labute approximate surface area is 201 Å². The Morgan fingerprint density at radius 2 is 1.79 bits per heavy atom. The highest BCUT2D eigenvalue weighted by molar-refractivity contribution is 5.94. The molecule has 0 bridgehead atoms. The molecule has 1 fully saturated rings. The van der Waals surface area contributed by atoms with E-state index < -0.39 is 42.0 Å². The standard InChI is InChI=1S/C25H38N4O5/c1-5-6-15-27-22(31)21(17-11-8-7-9-12-17)29(18-13-10-14-18)23(32)19(16-20(26)30)28-24(33)34-25(2,3)4/h7-9,11-12,18-19,21H,5-6,10,13-16H2,1-4H3,(H2,26,30)(H,27,31)(H,28,33). The molecule has 1 saturated carbocycles. The number of primary amides is 1. The SMILES string of the molecule is CCCCNC(=O)C(c1ccccc1)N(C(=O)C(CC(N)=O)NC(=O)OC(C)(C)C)C1CCC1. The number of amides is 4. The van der Waals surface area contributed by atoms with Gasteiger partial charge in [-0.2, -0.15) is 0 Å². The first kappa shape index (κ1) is 27.1. The average molecular weight is 475 g/mol. The molecule has 34 heavy (non-hydrogen) atoms. The van der Waals surface area contributed by atoms with Gasteiger partial charge in [0.05, 0.1) is 6.42 Å². The van der Waals surface area contributed by atoms with E-state index in [-0.39, 0.29) is 11.9 Å². The van der Waals surface area contributed by atoms with Gasteiger partial charge >= 0.3 is 6.09 Å². The predicted octanol–water partition coefficient (Wildman–Crippen LogP) is 2.79. The summed E-state index contributed by atoms with van der Waals surface area (Å²) in [5.41, 5.74) is 5.28. The summed E-state index contributed by atoms with van der Waals surface area (Å²) in [5.74, 6) is -1.57. The minimum absolute atomic E-state index is 0.189. The Morgan fingerprint density at radius 3 is 2.29 bits per heavy atom. The Bertz CT molecular complexity index is 849. The number of ether oxygens (including phenoxy) is 1. The number of carbonyl (C=O) groups is 4. The van der Waals surface area contributed by atoms with Gasteiger partial charge in [-0.05, 0) is 52.0 Å². The fourth-order valence-electron chi connectivity index (χ4n) is 3.77. The van der Waals surface area contributed by atoms with E-state index in [2.05, 4.69) is 10.6 Å². The van der Waals surface area contributed by atoms with E-state index in [9.17, 15) is 19.2 Å².